The first-order chi connectivity index (χ1) is 7.40. The first kappa shape index (κ1) is 10.5. The van der Waals surface area contributed by atoms with E-state index in [0.29, 0.717) is 12.5 Å². The Morgan fingerprint density at radius 1 is 1.33 bits per heavy atom. The Kier molecular flexibility index (Phi) is 3.64. The number of rotatable bonds is 3. The summed E-state index contributed by atoms with van der Waals surface area (Å²) in [5.41, 5.74) is 0. The summed E-state index contributed by atoms with van der Waals surface area (Å²) in [6.45, 7) is 2.69. The zero-order valence-corrected chi connectivity index (χ0v) is 9.46. The van der Waals surface area contributed by atoms with Crippen LogP contribution in [0.25, 0.3) is 0 Å². The second kappa shape index (κ2) is 5.19. The van der Waals surface area contributed by atoms with Crippen molar-refractivity contribution in [3.8, 4) is 5.88 Å². The molecule has 1 fully saturated rings. The molecule has 1 aromatic rings. The number of nitrogens with zero attached hydrogens (tertiary/aromatic N) is 1. The number of ether oxygens (including phenoxy) is 1. The fraction of sp³-hybridized carbons (Fsp3) is 0.750. The van der Waals surface area contributed by atoms with Crippen molar-refractivity contribution in [3.05, 3.63) is 12.0 Å². The third-order valence-electron chi connectivity index (χ3n) is 3.11. The minimum atomic E-state index is 0.627. The van der Waals surface area contributed by atoms with Crippen LogP contribution in [0.4, 0.5) is 0 Å². The number of hydrogen-bond acceptors (Lipinski definition) is 2. The van der Waals surface area contributed by atoms with E-state index in [4.69, 9.17) is 4.74 Å². The second-order valence-electron chi connectivity index (χ2n) is 4.25. The van der Waals surface area contributed by atoms with Crippen LogP contribution in [0.3, 0.4) is 0 Å². The highest BCUT2D eigenvalue weighted by molar-refractivity contribution is 5.10. The van der Waals surface area contributed by atoms with Crippen LogP contribution in [0.2, 0.25) is 0 Å². The van der Waals surface area contributed by atoms with Gasteiger partial charge >= 0.3 is 0 Å². The number of H-pyrrole nitrogens is 1. The molecule has 84 valence electrons. The number of nitrogens with one attached hydrogen (secondary N) is 1. The summed E-state index contributed by atoms with van der Waals surface area (Å²) >= 11 is 0. The lowest BCUT2D eigenvalue weighted by Crippen LogP contribution is -2.00. The summed E-state index contributed by atoms with van der Waals surface area (Å²) in [7, 11) is 0. The van der Waals surface area contributed by atoms with E-state index in [1.165, 1.54) is 38.5 Å². The Hall–Kier alpha value is -0.990. The summed E-state index contributed by atoms with van der Waals surface area (Å²) in [5, 5.41) is 0. The molecular formula is C12H20N2O. The van der Waals surface area contributed by atoms with Crippen LogP contribution in [0.1, 0.15) is 57.2 Å². The molecule has 3 nitrogen and oxygen atoms in total. The maximum absolute atomic E-state index is 5.39. The molecule has 0 aliphatic heterocycles. The fourth-order valence-electron chi connectivity index (χ4n) is 2.31. The Balaban J connectivity index is 2.00. The predicted octanol–water partition coefficient (Wildman–Crippen LogP) is 3.25. The average Bonchev–Trinajstić information content (AvgIpc) is 2.53. The Labute approximate surface area is 91.3 Å². The SMILES string of the molecule is CCOc1cnc(C2CCCCCC2)[nH]1. The van der Waals surface area contributed by atoms with Gasteiger partial charge in [-0.05, 0) is 19.8 Å². The van der Waals surface area contributed by atoms with Gasteiger partial charge < -0.3 is 9.72 Å². The normalized spacial score (nSPS) is 18.7. The predicted molar refractivity (Wildman–Crippen MR) is 60.2 cm³/mol. The molecule has 1 N–H and O–H groups in total. The molecule has 0 aromatic carbocycles. The standard InChI is InChI=1S/C12H20N2O/c1-2-15-11-9-13-12(14-11)10-7-5-3-4-6-8-10/h9-10H,2-8H2,1H3,(H,13,14). The van der Waals surface area contributed by atoms with Gasteiger partial charge in [0.05, 0.1) is 12.8 Å². The van der Waals surface area contributed by atoms with Crippen molar-refractivity contribution in [2.75, 3.05) is 6.61 Å². The van der Waals surface area contributed by atoms with Gasteiger partial charge in [0.15, 0.2) is 0 Å². The summed E-state index contributed by atoms with van der Waals surface area (Å²) in [4.78, 5) is 7.70. The third kappa shape index (κ3) is 2.74. The van der Waals surface area contributed by atoms with Crippen LogP contribution in [-0.2, 0) is 0 Å². The molecule has 0 unspecified atom stereocenters. The highest BCUT2D eigenvalue weighted by Crippen LogP contribution is 2.30. The topological polar surface area (TPSA) is 37.9 Å². The molecule has 0 amide bonds. The Bertz CT molecular complexity index is 288. The van der Waals surface area contributed by atoms with Crippen LogP contribution >= 0.6 is 0 Å². The van der Waals surface area contributed by atoms with Gasteiger partial charge in [-0.15, -0.1) is 0 Å². The molecule has 1 saturated carbocycles. The third-order valence-corrected chi connectivity index (χ3v) is 3.11. The van der Waals surface area contributed by atoms with Crippen molar-refractivity contribution >= 4 is 0 Å². The van der Waals surface area contributed by atoms with Crippen molar-refractivity contribution in [1.29, 1.82) is 0 Å². The van der Waals surface area contributed by atoms with E-state index in [2.05, 4.69) is 9.97 Å². The van der Waals surface area contributed by atoms with Gasteiger partial charge in [-0.2, -0.15) is 0 Å². The maximum Gasteiger partial charge on any atom is 0.211 e. The summed E-state index contributed by atoms with van der Waals surface area (Å²) < 4.78 is 5.39. The molecule has 0 spiro atoms. The molecule has 1 aromatic heterocycles. The van der Waals surface area contributed by atoms with Crippen LogP contribution in [-0.4, -0.2) is 16.6 Å². The molecule has 1 heterocycles. The summed E-state index contributed by atoms with van der Waals surface area (Å²) in [5.74, 6) is 2.57. The van der Waals surface area contributed by atoms with E-state index in [-0.39, 0.29) is 0 Å². The van der Waals surface area contributed by atoms with Gasteiger partial charge in [-0.1, -0.05) is 25.7 Å². The second-order valence-corrected chi connectivity index (χ2v) is 4.25. The monoisotopic (exact) mass is 208 g/mol. The van der Waals surface area contributed by atoms with E-state index >= 15 is 0 Å². The quantitative estimate of drug-likeness (QED) is 0.774. The highest BCUT2D eigenvalue weighted by Gasteiger charge is 2.17. The highest BCUT2D eigenvalue weighted by atomic mass is 16.5. The van der Waals surface area contributed by atoms with Crippen LogP contribution in [0.15, 0.2) is 6.20 Å². The zero-order chi connectivity index (χ0) is 10.5. The summed E-state index contributed by atoms with van der Waals surface area (Å²) in [6, 6.07) is 0. The molecule has 0 bridgehead atoms. The fourth-order valence-corrected chi connectivity index (χ4v) is 2.31. The van der Waals surface area contributed by atoms with Crippen LogP contribution < -0.4 is 4.74 Å². The van der Waals surface area contributed by atoms with Gasteiger partial charge in [0.1, 0.15) is 5.82 Å². The van der Waals surface area contributed by atoms with Gasteiger partial charge in [0.2, 0.25) is 5.88 Å². The van der Waals surface area contributed by atoms with Crippen molar-refractivity contribution < 1.29 is 4.74 Å². The van der Waals surface area contributed by atoms with Gasteiger partial charge in [0.25, 0.3) is 0 Å². The number of imidazole rings is 1. The smallest absolute Gasteiger partial charge is 0.211 e. The lowest BCUT2D eigenvalue weighted by molar-refractivity contribution is 0.327. The molecule has 0 radical (unpaired) electrons. The molecular weight excluding hydrogens is 188 g/mol. The van der Waals surface area contributed by atoms with Crippen molar-refractivity contribution in [1.82, 2.24) is 9.97 Å². The molecule has 0 saturated heterocycles. The Morgan fingerprint density at radius 2 is 2.07 bits per heavy atom. The minimum Gasteiger partial charge on any atom is -0.478 e. The molecule has 15 heavy (non-hydrogen) atoms. The average molecular weight is 208 g/mol. The largest absolute Gasteiger partial charge is 0.478 e. The maximum atomic E-state index is 5.39. The molecule has 1 aliphatic rings. The molecule has 3 heteroatoms. The zero-order valence-electron chi connectivity index (χ0n) is 9.46. The van der Waals surface area contributed by atoms with E-state index in [1.807, 2.05) is 13.1 Å². The minimum absolute atomic E-state index is 0.627. The lowest BCUT2D eigenvalue weighted by Gasteiger charge is -2.10. The molecule has 1 aliphatic carbocycles. The first-order valence-corrected chi connectivity index (χ1v) is 6.08. The van der Waals surface area contributed by atoms with E-state index in [9.17, 15) is 0 Å². The van der Waals surface area contributed by atoms with Gasteiger partial charge in [0, 0.05) is 5.92 Å². The first-order valence-electron chi connectivity index (χ1n) is 6.08. The number of hydrogen-bond donors (Lipinski definition) is 1. The lowest BCUT2D eigenvalue weighted by atomic mass is 10.00. The molecule has 2 rings (SSSR count). The van der Waals surface area contributed by atoms with E-state index in [0.717, 1.165) is 11.7 Å². The van der Waals surface area contributed by atoms with Crippen molar-refractivity contribution in [3.63, 3.8) is 0 Å². The molecule has 0 atom stereocenters. The van der Waals surface area contributed by atoms with Gasteiger partial charge in [-0.3, -0.25) is 0 Å². The number of aromatic nitrogens is 2. The van der Waals surface area contributed by atoms with Gasteiger partial charge in [-0.25, -0.2) is 4.98 Å². The van der Waals surface area contributed by atoms with E-state index < -0.39 is 0 Å². The van der Waals surface area contributed by atoms with Crippen LogP contribution in [0.5, 0.6) is 5.88 Å². The van der Waals surface area contributed by atoms with Crippen LogP contribution in [0, 0.1) is 0 Å². The van der Waals surface area contributed by atoms with Crippen molar-refractivity contribution in [2.24, 2.45) is 0 Å². The van der Waals surface area contributed by atoms with Crippen molar-refractivity contribution in [2.45, 2.75) is 51.4 Å². The van der Waals surface area contributed by atoms with E-state index in [1.54, 1.807) is 0 Å². The number of aromatic amines is 1. The summed E-state index contributed by atoms with van der Waals surface area (Å²) in [6.07, 6.45) is 9.82. The Morgan fingerprint density at radius 3 is 2.73 bits per heavy atom.